The fraction of sp³-hybridized carbons (Fsp3) is 0.600. The van der Waals surface area contributed by atoms with E-state index in [9.17, 15) is 0 Å². The second-order valence-electron chi connectivity index (χ2n) is 5.18. The molecule has 1 fully saturated rings. The van der Waals surface area contributed by atoms with Gasteiger partial charge in [-0.3, -0.25) is 4.90 Å². The van der Waals surface area contributed by atoms with E-state index >= 15 is 0 Å². The first-order valence-corrected chi connectivity index (χ1v) is 7.02. The predicted octanol–water partition coefficient (Wildman–Crippen LogP) is 1.03. The van der Waals surface area contributed by atoms with Crippen molar-refractivity contribution >= 4 is 0 Å². The molecule has 0 atom stereocenters. The van der Waals surface area contributed by atoms with E-state index < -0.39 is 0 Å². The molecule has 0 aromatic heterocycles. The zero-order chi connectivity index (χ0) is 13.5. The van der Waals surface area contributed by atoms with E-state index in [-0.39, 0.29) is 0 Å². The van der Waals surface area contributed by atoms with E-state index in [2.05, 4.69) is 40.4 Å². The van der Waals surface area contributed by atoms with Gasteiger partial charge in [-0.15, -0.1) is 0 Å². The highest BCUT2D eigenvalue weighted by molar-refractivity contribution is 5.28. The monoisotopic (exact) mass is 263 g/mol. The molecule has 1 N–H and O–H groups in total. The van der Waals surface area contributed by atoms with E-state index in [1.165, 1.54) is 18.7 Å². The Morgan fingerprint density at radius 3 is 2.84 bits per heavy atom. The molecule has 0 saturated carbocycles. The number of hydrogen-bond donors (Lipinski definition) is 1. The summed E-state index contributed by atoms with van der Waals surface area (Å²) >= 11 is 0. The van der Waals surface area contributed by atoms with Crippen molar-refractivity contribution in [2.75, 3.05) is 53.4 Å². The number of nitrogens with one attached hydrogen (secondary N) is 1. The summed E-state index contributed by atoms with van der Waals surface area (Å²) in [4.78, 5) is 4.90. The largest absolute Gasteiger partial charge is 0.497 e. The van der Waals surface area contributed by atoms with Gasteiger partial charge in [0.1, 0.15) is 5.75 Å². The number of benzene rings is 1. The first-order valence-electron chi connectivity index (χ1n) is 7.02. The standard InChI is InChI=1S/C15H25N3O/c1-17(10-11-18-8-6-16-7-9-18)13-14-4-3-5-15(12-14)19-2/h3-5,12,16H,6-11,13H2,1-2H3. The first kappa shape index (κ1) is 14.3. The van der Waals surface area contributed by atoms with Gasteiger partial charge in [0.25, 0.3) is 0 Å². The van der Waals surface area contributed by atoms with Crippen LogP contribution in [0, 0.1) is 0 Å². The maximum absolute atomic E-state index is 5.26. The smallest absolute Gasteiger partial charge is 0.119 e. The normalized spacial score (nSPS) is 16.8. The van der Waals surface area contributed by atoms with Crippen molar-refractivity contribution in [1.29, 1.82) is 0 Å². The third kappa shape index (κ3) is 4.82. The van der Waals surface area contributed by atoms with Crippen LogP contribution in [0.15, 0.2) is 24.3 Å². The summed E-state index contributed by atoms with van der Waals surface area (Å²) in [6.07, 6.45) is 0. The summed E-state index contributed by atoms with van der Waals surface area (Å²) in [7, 11) is 3.90. The van der Waals surface area contributed by atoms with Gasteiger partial charge < -0.3 is 15.0 Å². The Labute approximate surface area is 116 Å². The highest BCUT2D eigenvalue weighted by atomic mass is 16.5. The molecular formula is C15H25N3O. The number of ether oxygens (including phenoxy) is 1. The molecule has 1 aromatic carbocycles. The summed E-state index contributed by atoms with van der Waals surface area (Å²) in [5.74, 6) is 0.938. The van der Waals surface area contributed by atoms with Crippen molar-refractivity contribution < 1.29 is 4.74 Å². The van der Waals surface area contributed by atoms with Gasteiger partial charge in [0.15, 0.2) is 0 Å². The second-order valence-corrected chi connectivity index (χ2v) is 5.18. The minimum absolute atomic E-state index is 0.938. The van der Waals surface area contributed by atoms with Crippen LogP contribution in [-0.2, 0) is 6.54 Å². The van der Waals surface area contributed by atoms with Crippen LogP contribution in [0.1, 0.15) is 5.56 Å². The van der Waals surface area contributed by atoms with Gasteiger partial charge in [-0.2, -0.15) is 0 Å². The second kappa shape index (κ2) is 7.48. The first-order chi connectivity index (χ1) is 9.28. The number of rotatable bonds is 6. The van der Waals surface area contributed by atoms with Gasteiger partial charge in [0.05, 0.1) is 7.11 Å². The molecule has 4 nitrogen and oxygen atoms in total. The summed E-state index contributed by atoms with van der Waals surface area (Å²) in [6, 6.07) is 8.31. The quantitative estimate of drug-likeness (QED) is 0.830. The molecule has 1 aliphatic rings. The Morgan fingerprint density at radius 2 is 2.11 bits per heavy atom. The van der Waals surface area contributed by atoms with E-state index in [1.54, 1.807) is 7.11 Å². The van der Waals surface area contributed by atoms with Crippen molar-refractivity contribution in [3.8, 4) is 5.75 Å². The summed E-state index contributed by atoms with van der Waals surface area (Å²) in [6.45, 7) is 7.84. The molecule has 0 aliphatic carbocycles. The SMILES string of the molecule is COc1cccc(CN(C)CCN2CCNCC2)c1. The van der Waals surface area contributed by atoms with Crippen molar-refractivity contribution in [3.05, 3.63) is 29.8 Å². The van der Waals surface area contributed by atoms with Crippen LogP contribution >= 0.6 is 0 Å². The number of likely N-dealkylation sites (N-methyl/N-ethyl adjacent to an activating group) is 1. The molecule has 19 heavy (non-hydrogen) atoms. The molecule has 0 unspecified atom stereocenters. The topological polar surface area (TPSA) is 27.7 Å². The Morgan fingerprint density at radius 1 is 1.32 bits per heavy atom. The Bertz CT molecular complexity index is 377. The lowest BCUT2D eigenvalue weighted by Crippen LogP contribution is -2.45. The molecule has 1 aliphatic heterocycles. The van der Waals surface area contributed by atoms with E-state index in [0.29, 0.717) is 0 Å². The predicted molar refractivity (Wildman–Crippen MR) is 78.6 cm³/mol. The number of methoxy groups -OCH3 is 1. The Kier molecular flexibility index (Phi) is 5.63. The van der Waals surface area contributed by atoms with Gasteiger partial charge in [-0.1, -0.05) is 12.1 Å². The molecule has 4 heteroatoms. The lowest BCUT2D eigenvalue weighted by atomic mass is 10.2. The minimum atomic E-state index is 0.938. The van der Waals surface area contributed by atoms with Crippen LogP contribution in [0.4, 0.5) is 0 Å². The maximum atomic E-state index is 5.26. The van der Waals surface area contributed by atoms with Crippen LogP contribution in [0.2, 0.25) is 0 Å². The van der Waals surface area contributed by atoms with Gasteiger partial charge in [0.2, 0.25) is 0 Å². The van der Waals surface area contributed by atoms with Crippen molar-refractivity contribution in [2.45, 2.75) is 6.54 Å². The third-order valence-corrected chi connectivity index (χ3v) is 3.59. The van der Waals surface area contributed by atoms with Gasteiger partial charge in [-0.05, 0) is 24.7 Å². The number of piperazine rings is 1. The Hall–Kier alpha value is -1.10. The highest BCUT2D eigenvalue weighted by Crippen LogP contribution is 2.13. The third-order valence-electron chi connectivity index (χ3n) is 3.59. The van der Waals surface area contributed by atoms with Crippen molar-refractivity contribution in [2.24, 2.45) is 0 Å². The minimum Gasteiger partial charge on any atom is -0.497 e. The van der Waals surface area contributed by atoms with Gasteiger partial charge in [0, 0.05) is 45.8 Å². The highest BCUT2D eigenvalue weighted by Gasteiger charge is 2.10. The average Bonchev–Trinajstić information content (AvgIpc) is 2.46. The molecule has 0 spiro atoms. The molecule has 2 rings (SSSR count). The van der Waals surface area contributed by atoms with E-state index in [1.807, 2.05) is 6.07 Å². The van der Waals surface area contributed by atoms with Crippen LogP contribution in [-0.4, -0.2) is 63.2 Å². The summed E-state index contributed by atoms with van der Waals surface area (Å²) in [5, 5.41) is 3.39. The fourth-order valence-corrected chi connectivity index (χ4v) is 2.41. The molecule has 1 saturated heterocycles. The molecule has 0 radical (unpaired) electrons. The Balaban J connectivity index is 1.75. The average molecular weight is 263 g/mol. The van der Waals surface area contributed by atoms with Gasteiger partial charge >= 0.3 is 0 Å². The van der Waals surface area contributed by atoms with E-state index in [0.717, 1.165) is 38.5 Å². The van der Waals surface area contributed by atoms with Crippen LogP contribution < -0.4 is 10.1 Å². The van der Waals surface area contributed by atoms with Crippen LogP contribution in [0.25, 0.3) is 0 Å². The molecule has 0 bridgehead atoms. The summed E-state index contributed by atoms with van der Waals surface area (Å²) < 4.78 is 5.26. The summed E-state index contributed by atoms with van der Waals surface area (Å²) in [5.41, 5.74) is 1.31. The fourth-order valence-electron chi connectivity index (χ4n) is 2.41. The van der Waals surface area contributed by atoms with Gasteiger partial charge in [-0.25, -0.2) is 0 Å². The van der Waals surface area contributed by atoms with Crippen LogP contribution in [0.3, 0.4) is 0 Å². The van der Waals surface area contributed by atoms with Crippen LogP contribution in [0.5, 0.6) is 5.75 Å². The molecular weight excluding hydrogens is 238 g/mol. The molecule has 1 aromatic rings. The zero-order valence-electron chi connectivity index (χ0n) is 12.1. The van der Waals surface area contributed by atoms with E-state index in [4.69, 9.17) is 4.74 Å². The zero-order valence-corrected chi connectivity index (χ0v) is 12.1. The lowest BCUT2D eigenvalue weighted by molar-refractivity contribution is 0.202. The van der Waals surface area contributed by atoms with Crippen molar-refractivity contribution in [1.82, 2.24) is 15.1 Å². The lowest BCUT2D eigenvalue weighted by Gasteiger charge is -2.29. The molecule has 1 heterocycles. The maximum Gasteiger partial charge on any atom is 0.119 e. The molecule has 0 amide bonds. The van der Waals surface area contributed by atoms with Crippen molar-refractivity contribution in [3.63, 3.8) is 0 Å². The number of hydrogen-bond acceptors (Lipinski definition) is 4. The molecule has 106 valence electrons. The number of nitrogens with zero attached hydrogens (tertiary/aromatic N) is 2.